The highest BCUT2D eigenvalue weighted by Gasteiger charge is 2.10. The van der Waals surface area contributed by atoms with Gasteiger partial charge in [-0.3, -0.25) is 4.79 Å². The van der Waals surface area contributed by atoms with Gasteiger partial charge in [0.15, 0.2) is 11.5 Å². The lowest BCUT2D eigenvalue weighted by Crippen LogP contribution is -2.22. The van der Waals surface area contributed by atoms with Crippen molar-refractivity contribution >= 4 is 23.3 Å². The highest BCUT2D eigenvalue weighted by Crippen LogP contribution is 2.30. The number of carbonyl (C=O) groups excluding carboxylic acids is 2. The summed E-state index contributed by atoms with van der Waals surface area (Å²) in [5.41, 5.74) is 2.70. The van der Waals surface area contributed by atoms with E-state index in [9.17, 15) is 9.59 Å². The number of ether oxygens (including phenoxy) is 3. The first-order chi connectivity index (χ1) is 13.5. The minimum Gasteiger partial charge on any atom is -0.490 e. The van der Waals surface area contributed by atoms with Crippen LogP contribution in [0.5, 0.6) is 11.5 Å². The van der Waals surface area contributed by atoms with Gasteiger partial charge in [0.05, 0.1) is 32.4 Å². The van der Waals surface area contributed by atoms with Crippen LogP contribution in [-0.2, 0) is 9.53 Å². The molecule has 0 saturated heterocycles. The smallest absolute Gasteiger partial charge is 0.337 e. The number of amides is 1. The van der Waals surface area contributed by atoms with Gasteiger partial charge < -0.3 is 24.8 Å². The van der Waals surface area contributed by atoms with Crippen LogP contribution in [0.1, 0.15) is 29.8 Å². The number of carbonyl (C=O) groups is 2. The van der Waals surface area contributed by atoms with Crippen LogP contribution in [0.15, 0.2) is 36.4 Å². The lowest BCUT2D eigenvalue weighted by Gasteiger charge is -2.14. The molecule has 7 heteroatoms. The second-order valence-corrected chi connectivity index (χ2v) is 5.95. The number of aryl methyl sites for hydroxylation is 1. The Morgan fingerprint density at radius 2 is 1.68 bits per heavy atom. The molecule has 0 aromatic heterocycles. The number of esters is 1. The molecule has 150 valence electrons. The molecule has 0 aliphatic heterocycles. The number of hydrogen-bond donors (Lipinski definition) is 2. The monoisotopic (exact) mass is 386 g/mol. The van der Waals surface area contributed by atoms with Crippen molar-refractivity contribution in [2.75, 3.05) is 37.5 Å². The third-order valence-corrected chi connectivity index (χ3v) is 3.91. The Morgan fingerprint density at radius 3 is 2.32 bits per heavy atom. The molecular formula is C21H26N2O5. The molecule has 0 bridgehead atoms. The first-order valence-corrected chi connectivity index (χ1v) is 9.10. The third-order valence-electron chi connectivity index (χ3n) is 3.91. The van der Waals surface area contributed by atoms with Crippen molar-refractivity contribution in [1.29, 1.82) is 0 Å². The normalized spacial score (nSPS) is 10.1. The van der Waals surface area contributed by atoms with Crippen LogP contribution >= 0.6 is 0 Å². The van der Waals surface area contributed by atoms with Crippen molar-refractivity contribution in [3.05, 3.63) is 47.5 Å². The molecule has 28 heavy (non-hydrogen) atoms. The predicted molar refractivity (Wildman–Crippen MR) is 108 cm³/mol. The lowest BCUT2D eigenvalue weighted by atomic mass is 10.1. The van der Waals surface area contributed by atoms with Crippen LogP contribution < -0.4 is 20.1 Å². The standard InChI is InChI=1S/C21H26N2O5/c1-5-27-18-10-8-16(12-19(18)28-6-2)23-20(24)13-22-17-9-7-15(11-14(17)3)21(25)26-4/h7-12,22H,5-6,13H2,1-4H3,(H,23,24). The average molecular weight is 386 g/mol. The molecule has 0 aliphatic carbocycles. The summed E-state index contributed by atoms with van der Waals surface area (Å²) in [5, 5.41) is 5.90. The molecule has 0 radical (unpaired) electrons. The summed E-state index contributed by atoms with van der Waals surface area (Å²) >= 11 is 0. The van der Waals surface area contributed by atoms with Gasteiger partial charge in [0.25, 0.3) is 0 Å². The van der Waals surface area contributed by atoms with E-state index in [1.54, 1.807) is 36.4 Å². The van der Waals surface area contributed by atoms with Gasteiger partial charge in [0.2, 0.25) is 5.91 Å². The lowest BCUT2D eigenvalue weighted by molar-refractivity contribution is -0.114. The van der Waals surface area contributed by atoms with Crippen LogP contribution in [0.2, 0.25) is 0 Å². The summed E-state index contributed by atoms with van der Waals surface area (Å²) in [6, 6.07) is 10.4. The first kappa shape index (κ1) is 21.1. The van der Waals surface area contributed by atoms with Crippen molar-refractivity contribution in [2.24, 2.45) is 0 Å². The summed E-state index contributed by atoms with van der Waals surface area (Å²) in [7, 11) is 1.34. The zero-order valence-corrected chi connectivity index (χ0v) is 16.6. The molecular weight excluding hydrogens is 360 g/mol. The number of rotatable bonds is 9. The fourth-order valence-corrected chi connectivity index (χ4v) is 2.62. The van der Waals surface area contributed by atoms with E-state index < -0.39 is 5.97 Å². The minimum atomic E-state index is -0.395. The fourth-order valence-electron chi connectivity index (χ4n) is 2.62. The first-order valence-electron chi connectivity index (χ1n) is 9.10. The maximum absolute atomic E-state index is 12.3. The van der Waals surface area contributed by atoms with Gasteiger partial charge in [-0.2, -0.15) is 0 Å². The van der Waals surface area contributed by atoms with E-state index in [1.165, 1.54) is 7.11 Å². The topological polar surface area (TPSA) is 85.9 Å². The van der Waals surface area contributed by atoms with Gasteiger partial charge in [0, 0.05) is 17.4 Å². The second-order valence-electron chi connectivity index (χ2n) is 5.95. The SMILES string of the molecule is CCOc1ccc(NC(=O)CNc2ccc(C(=O)OC)cc2C)cc1OCC. The van der Waals surface area contributed by atoms with Gasteiger partial charge in [-0.15, -0.1) is 0 Å². The van der Waals surface area contributed by atoms with Gasteiger partial charge >= 0.3 is 5.97 Å². The van der Waals surface area contributed by atoms with Gasteiger partial charge in [-0.05, 0) is 56.7 Å². The molecule has 1 amide bonds. The Hall–Kier alpha value is -3.22. The zero-order chi connectivity index (χ0) is 20.5. The minimum absolute atomic E-state index is 0.0790. The van der Waals surface area contributed by atoms with Crippen molar-refractivity contribution in [1.82, 2.24) is 0 Å². The van der Waals surface area contributed by atoms with Crippen LogP contribution in [-0.4, -0.2) is 38.7 Å². The fraction of sp³-hybridized carbons (Fsp3) is 0.333. The largest absolute Gasteiger partial charge is 0.490 e. The van der Waals surface area contributed by atoms with Crippen molar-refractivity contribution < 1.29 is 23.8 Å². The molecule has 2 N–H and O–H groups in total. The van der Waals surface area contributed by atoms with E-state index in [-0.39, 0.29) is 12.5 Å². The summed E-state index contributed by atoms with van der Waals surface area (Å²) in [4.78, 5) is 23.8. The second kappa shape index (κ2) is 10.2. The molecule has 7 nitrogen and oxygen atoms in total. The Kier molecular flexibility index (Phi) is 7.68. The molecule has 0 atom stereocenters. The van der Waals surface area contributed by atoms with E-state index in [0.717, 1.165) is 11.3 Å². The number of hydrogen-bond acceptors (Lipinski definition) is 6. The molecule has 0 unspecified atom stereocenters. The van der Waals surface area contributed by atoms with Crippen LogP contribution in [0.3, 0.4) is 0 Å². The quantitative estimate of drug-likeness (QED) is 0.640. The molecule has 0 fully saturated rings. The number of nitrogens with one attached hydrogen (secondary N) is 2. The molecule has 0 aliphatic rings. The Labute approximate surface area is 165 Å². The van der Waals surface area contributed by atoms with E-state index in [4.69, 9.17) is 14.2 Å². The van der Waals surface area contributed by atoms with E-state index >= 15 is 0 Å². The van der Waals surface area contributed by atoms with Gasteiger partial charge in [-0.1, -0.05) is 0 Å². The highest BCUT2D eigenvalue weighted by molar-refractivity contribution is 5.94. The average Bonchev–Trinajstić information content (AvgIpc) is 2.68. The maximum atomic E-state index is 12.3. The van der Waals surface area contributed by atoms with Crippen molar-refractivity contribution in [3.8, 4) is 11.5 Å². The number of anilines is 2. The molecule has 2 aromatic rings. The van der Waals surface area contributed by atoms with Crippen LogP contribution in [0.25, 0.3) is 0 Å². The summed E-state index contributed by atoms with van der Waals surface area (Å²) in [6.45, 7) is 6.75. The van der Waals surface area contributed by atoms with Crippen LogP contribution in [0, 0.1) is 6.92 Å². The van der Waals surface area contributed by atoms with Crippen LogP contribution in [0.4, 0.5) is 11.4 Å². The molecule has 2 rings (SSSR count). The van der Waals surface area contributed by atoms with E-state index in [1.807, 2.05) is 20.8 Å². The summed E-state index contributed by atoms with van der Waals surface area (Å²) in [5.74, 6) is 0.627. The number of benzene rings is 2. The molecule has 2 aromatic carbocycles. The molecule has 0 heterocycles. The maximum Gasteiger partial charge on any atom is 0.337 e. The van der Waals surface area contributed by atoms with E-state index in [2.05, 4.69) is 10.6 Å². The van der Waals surface area contributed by atoms with Crippen molar-refractivity contribution in [2.45, 2.75) is 20.8 Å². The van der Waals surface area contributed by atoms with Gasteiger partial charge in [0.1, 0.15) is 0 Å². The third kappa shape index (κ3) is 5.64. The Balaban J connectivity index is 1.99. The number of methoxy groups -OCH3 is 1. The Morgan fingerprint density at radius 1 is 0.964 bits per heavy atom. The highest BCUT2D eigenvalue weighted by atomic mass is 16.5. The van der Waals surface area contributed by atoms with E-state index in [0.29, 0.717) is 36.0 Å². The molecule has 0 saturated carbocycles. The molecule has 0 spiro atoms. The summed E-state index contributed by atoms with van der Waals surface area (Å²) < 4.78 is 15.8. The zero-order valence-electron chi connectivity index (χ0n) is 16.6. The van der Waals surface area contributed by atoms with Crippen molar-refractivity contribution in [3.63, 3.8) is 0 Å². The van der Waals surface area contributed by atoms with Gasteiger partial charge in [-0.25, -0.2) is 4.79 Å². The predicted octanol–water partition coefficient (Wildman–Crippen LogP) is 3.63. The summed E-state index contributed by atoms with van der Waals surface area (Å²) in [6.07, 6.45) is 0. The Bertz CT molecular complexity index is 836.